The van der Waals surface area contributed by atoms with Gasteiger partial charge in [-0.1, -0.05) is 37.6 Å². The van der Waals surface area contributed by atoms with E-state index < -0.39 is 0 Å². The second-order valence-electron chi connectivity index (χ2n) is 9.37. The topological polar surface area (TPSA) is 49.9 Å². The van der Waals surface area contributed by atoms with Gasteiger partial charge in [-0.2, -0.15) is 0 Å². The Morgan fingerprint density at radius 2 is 1.94 bits per heavy atom. The van der Waals surface area contributed by atoms with Gasteiger partial charge in [0.05, 0.1) is 6.04 Å². The molecule has 1 aromatic heterocycles. The van der Waals surface area contributed by atoms with Crippen LogP contribution in [0.3, 0.4) is 0 Å². The minimum Gasteiger partial charge on any atom is -0.491 e. The lowest BCUT2D eigenvalue weighted by molar-refractivity contribution is -0.135. The molecule has 0 N–H and O–H groups in total. The molecular formula is C28H31FN2O3S. The molecule has 2 aromatic carbocycles. The van der Waals surface area contributed by atoms with Crippen LogP contribution >= 0.6 is 11.3 Å². The van der Waals surface area contributed by atoms with Gasteiger partial charge in [-0.25, -0.2) is 4.39 Å². The first kappa shape index (κ1) is 24.9. The van der Waals surface area contributed by atoms with Gasteiger partial charge in [0.15, 0.2) is 0 Å². The molecular weight excluding hydrogens is 463 g/mol. The van der Waals surface area contributed by atoms with Crippen LogP contribution in [-0.2, 0) is 11.2 Å². The van der Waals surface area contributed by atoms with Gasteiger partial charge in [0, 0.05) is 29.6 Å². The molecule has 1 aliphatic heterocycles. The fourth-order valence-corrected chi connectivity index (χ4v) is 5.33. The number of carbonyl (C=O) groups is 2. The van der Waals surface area contributed by atoms with E-state index >= 15 is 0 Å². The van der Waals surface area contributed by atoms with Gasteiger partial charge in [-0.3, -0.25) is 9.59 Å². The molecule has 2 heterocycles. The summed E-state index contributed by atoms with van der Waals surface area (Å²) >= 11 is 1.67. The first-order valence-electron chi connectivity index (χ1n) is 11.9. The molecule has 0 bridgehead atoms. The van der Waals surface area contributed by atoms with Crippen molar-refractivity contribution in [3.8, 4) is 5.75 Å². The fourth-order valence-electron chi connectivity index (χ4n) is 4.40. The summed E-state index contributed by atoms with van der Waals surface area (Å²) in [7, 11) is 0. The molecule has 0 spiro atoms. The molecule has 184 valence electrons. The third-order valence-corrected chi connectivity index (χ3v) is 7.11. The Balaban J connectivity index is 1.53. The number of hydrogen-bond donors (Lipinski definition) is 0. The summed E-state index contributed by atoms with van der Waals surface area (Å²) in [6.07, 6.45) is 0.769. The summed E-state index contributed by atoms with van der Waals surface area (Å²) in [5.41, 5.74) is 2.72. The lowest BCUT2D eigenvalue weighted by Gasteiger charge is -2.37. The van der Waals surface area contributed by atoms with Crippen molar-refractivity contribution >= 4 is 23.2 Å². The van der Waals surface area contributed by atoms with Crippen LogP contribution in [0.2, 0.25) is 0 Å². The van der Waals surface area contributed by atoms with Crippen molar-refractivity contribution in [2.75, 3.05) is 26.2 Å². The van der Waals surface area contributed by atoms with E-state index in [1.807, 2.05) is 61.4 Å². The van der Waals surface area contributed by atoms with Crippen LogP contribution in [0, 0.1) is 18.7 Å². The van der Waals surface area contributed by atoms with Crippen LogP contribution in [0.5, 0.6) is 5.75 Å². The summed E-state index contributed by atoms with van der Waals surface area (Å²) in [5.74, 6) is 0.0164. The number of amides is 2. The number of fused-ring (bicyclic) bond motifs is 1. The number of carbonyl (C=O) groups excluding carboxylic acids is 2. The Morgan fingerprint density at radius 1 is 1.17 bits per heavy atom. The normalized spacial score (nSPS) is 15.1. The van der Waals surface area contributed by atoms with Gasteiger partial charge in [0.2, 0.25) is 5.91 Å². The molecule has 0 aliphatic carbocycles. The zero-order valence-corrected chi connectivity index (χ0v) is 21.2. The van der Waals surface area contributed by atoms with E-state index in [2.05, 4.69) is 0 Å². The molecule has 2 amide bonds. The minimum absolute atomic E-state index is 0.000819. The number of hydrogen-bond acceptors (Lipinski definition) is 4. The number of rotatable bonds is 8. The van der Waals surface area contributed by atoms with Gasteiger partial charge >= 0.3 is 0 Å². The number of aryl methyl sites for hydroxylation is 1. The second kappa shape index (κ2) is 11.0. The van der Waals surface area contributed by atoms with Crippen LogP contribution in [0.4, 0.5) is 4.39 Å². The highest BCUT2D eigenvalue weighted by atomic mass is 32.1. The number of ether oxygens (including phenoxy) is 1. The van der Waals surface area contributed by atoms with E-state index in [0.717, 1.165) is 17.5 Å². The average molecular weight is 495 g/mol. The summed E-state index contributed by atoms with van der Waals surface area (Å²) in [6.45, 7) is 7.31. The fraction of sp³-hybridized carbons (Fsp3) is 0.357. The molecule has 7 heteroatoms. The molecule has 0 fully saturated rings. The molecule has 35 heavy (non-hydrogen) atoms. The molecule has 3 aromatic rings. The minimum atomic E-state index is -0.366. The van der Waals surface area contributed by atoms with Crippen molar-refractivity contribution in [1.82, 2.24) is 9.80 Å². The predicted molar refractivity (Wildman–Crippen MR) is 136 cm³/mol. The maximum atomic E-state index is 13.6. The average Bonchev–Trinajstić information content (AvgIpc) is 3.31. The zero-order chi connectivity index (χ0) is 24.9. The highest BCUT2D eigenvalue weighted by Crippen LogP contribution is 2.34. The van der Waals surface area contributed by atoms with Crippen molar-refractivity contribution in [3.63, 3.8) is 0 Å². The van der Waals surface area contributed by atoms with Crippen LogP contribution < -0.4 is 4.74 Å². The van der Waals surface area contributed by atoms with Crippen molar-refractivity contribution in [2.24, 2.45) is 5.92 Å². The Bertz CT molecular complexity index is 1170. The standard InChI is InChI=1S/C28H31FN2O3S/c1-19(2)16-30(28(33)21-9-7-20(3)8-10-21)17-27(32)31-13-11-26-24(12-14-35-26)25(31)18-34-23-6-4-5-22(29)15-23/h4-10,12,14-15,19,25H,11,13,16-18H2,1-3H3/t25-/m1/s1. The first-order valence-corrected chi connectivity index (χ1v) is 12.8. The second-order valence-corrected chi connectivity index (χ2v) is 10.4. The van der Waals surface area contributed by atoms with Crippen LogP contribution in [0.15, 0.2) is 60.0 Å². The van der Waals surface area contributed by atoms with Gasteiger partial charge in [0.1, 0.15) is 24.7 Å². The van der Waals surface area contributed by atoms with Gasteiger partial charge < -0.3 is 14.5 Å². The van der Waals surface area contributed by atoms with Crippen molar-refractivity contribution in [1.29, 1.82) is 0 Å². The lowest BCUT2D eigenvalue weighted by atomic mass is 10.00. The zero-order valence-electron chi connectivity index (χ0n) is 20.4. The Morgan fingerprint density at radius 3 is 2.66 bits per heavy atom. The molecule has 0 unspecified atom stereocenters. The van der Waals surface area contributed by atoms with E-state index in [0.29, 0.717) is 24.4 Å². The molecule has 0 saturated carbocycles. The summed E-state index contributed by atoms with van der Waals surface area (Å²) in [4.78, 5) is 31.6. The van der Waals surface area contributed by atoms with Gasteiger partial charge in [-0.15, -0.1) is 11.3 Å². The number of benzene rings is 2. The van der Waals surface area contributed by atoms with E-state index in [4.69, 9.17) is 4.74 Å². The van der Waals surface area contributed by atoms with Gasteiger partial charge in [-0.05, 0) is 60.5 Å². The molecule has 4 rings (SSSR count). The number of halogens is 1. The van der Waals surface area contributed by atoms with Crippen LogP contribution in [0.1, 0.15) is 46.3 Å². The highest BCUT2D eigenvalue weighted by Gasteiger charge is 2.33. The summed E-state index contributed by atoms with van der Waals surface area (Å²) in [5, 5.41) is 2.03. The smallest absolute Gasteiger partial charge is 0.254 e. The monoisotopic (exact) mass is 494 g/mol. The molecule has 1 aliphatic rings. The van der Waals surface area contributed by atoms with Gasteiger partial charge in [0.25, 0.3) is 5.91 Å². The largest absolute Gasteiger partial charge is 0.491 e. The maximum Gasteiger partial charge on any atom is 0.254 e. The van der Waals surface area contributed by atoms with Crippen LogP contribution in [-0.4, -0.2) is 47.9 Å². The lowest BCUT2D eigenvalue weighted by Crippen LogP contribution is -2.48. The Kier molecular flexibility index (Phi) is 7.86. The third kappa shape index (κ3) is 6.09. The van der Waals surface area contributed by atoms with Crippen molar-refractivity contribution < 1.29 is 18.7 Å². The van der Waals surface area contributed by atoms with Crippen molar-refractivity contribution in [2.45, 2.75) is 33.2 Å². The highest BCUT2D eigenvalue weighted by molar-refractivity contribution is 7.10. The Labute approximate surface area is 210 Å². The van der Waals surface area contributed by atoms with Crippen molar-refractivity contribution in [3.05, 3.63) is 87.4 Å². The van der Waals surface area contributed by atoms with Crippen LogP contribution in [0.25, 0.3) is 0 Å². The molecule has 0 saturated heterocycles. The van der Waals surface area contributed by atoms with E-state index in [1.54, 1.807) is 28.4 Å². The Hall–Kier alpha value is -3.19. The number of nitrogens with zero attached hydrogens (tertiary/aromatic N) is 2. The van der Waals surface area contributed by atoms with E-state index in [1.165, 1.54) is 17.0 Å². The summed E-state index contributed by atoms with van der Waals surface area (Å²) in [6, 6.07) is 15.2. The third-order valence-electron chi connectivity index (χ3n) is 6.12. The first-order chi connectivity index (χ1) is 16.8. The predicted octanol–water partition coefficient (Wildman–Crippen LogP) is 5.50. The molecule has 5 nitrogen and oxygen atoms in total. The van der Waals surface area contributed by atoms with E-state index in [9.17, 15) is 14.0 Å². The number of thiophene rings is 1. The maximum absolute atomic E-state index is 13.6. The SMILES string of the molecule is Cc1ccc(C(=O)N(CC(=O)N2CCc3sccc3[C@H]2COc2cccc(F)c2)CC(C)C)cc1. The van der Waals surface area contributed by atoms with E-state index in [-0.39, 0.29) is 42.7 Å². The molecule has 0 radical (unpaired) electrons. The summed E-state index contributed by atoms with van der Waals surface area (Å²) < 4.78 is 19.6. The molecule has 1 atom stereocenters. The quantitative estimate of drug-likeness (QED) is 0.416.